The molecule has 6 aromatic rings. The van der Waals surface area contributed by atoms with E-state index in [1.165, 1.54) is 12.4 Å². The Morgan fingerprint density at radius 1 is 0.900 bits per heavy atom. The fraction of sp³-hybridized carbons (Fsp3) is 0. The number of hydrogen-bond donors (Lipinski definition) is 2. The topological polar surface area (TPSA) is 83.1 Å². The zero-order chi connectivity index (χ0) is 20.1. The van der Waals surface area contributed by atoms with Gasteiger partial charge in [-0.2, -0.15) is 9.49 Å². The molecule has 0 fully saturated rings. The van der Waals surface area contributed by atoms with Crippen molar-refractivity contribution in [1.82, 2.24) is 30.1 Å². The summed E-state index contributed by atoms with van der Waals surface area (Å²) in [5.41, 5.74) is 6.12. The zero-order valence-corrected chi connectivity index (χ0v) is 16.2. The van der Waals surface area contributed by atoms with E-state index in [1.54, 1.807) is 18.5 Å². The summed E-state index contributed by atoms with van der Waals surface area (Å²) in [4.78, 5) is 17.2. The molecule has 2 N–H and O–H groups in total. The van der Waals surface area contributed by atoms with Gasteiger partial charge >= 0.3 is 0 Å². The first kappa shape index (κ1) is 17.0. The largest absolute Gasteiger partial charge is 0.337 e. The minimum Gasteiger partial charge on any atom is -0.337 e. The number of imidazole rings is 1. The van der Waals surface area contributed by atoms with Crippen LogP contribution >= 0.6 is 11.3 Å². The third-order valence-corrected chi connectivity index (χ3v) is 5.94. The highest BCUT2D eigenvalue weighted by molar-refractivity contribution is 7.14. The average Bonchev–Trinajstić information content (AvgIpc) is 3.51. The van der Waals surface area contributed by atoms with Gasteiger partial charge in [0.15, 0.2) is 11.0 Å². The van der Waals surface area contributed by atoms with Gasteiger partial charge < -0.3 is 4.98 Å². The number of aromatic nitrogens is 6. The molecule has 0 bridgehead atoms. The monoisotopic (exact) mass is 412 g/mol. The first-order chi connectivity index (χ1) is 14.8. The Morgan fingerprint density at radius 2 is 1.80 bits per heavy atom. The molecule has 0 radical (unpaired) electrons. The van der Waals surface area contributed by atoms with Crippen molar-refractivity contribution in [3.05, 3.63) is 72.4 Å². The SMILES string of the molecule is Fc1ccc(-c2cccc3[nH]c(-c4n[nH]c5ccc(-c6cncnc6)cc45)nc23)s1. The molecule has 4 aromatic heterocycles. The van der Waals surface area contributed by atoms with Crippen LogP contribution in [0.25, 0.3) is 55.0 Å². The number of H-pyrrole nitrogens is 2. The number of aromatic amines is 2. The fourth-order valence-electron chi connectivity index (χ4n) is 3.62. The average molecular weight is 412 g/mol. The number of benzene rings is 2. The van der Waals surface area contributed by atoms with Gasteiger partial charge in [-0.15, -0.1) is 11.3 Å². The van der Waals surface area contributed by atoms with Gasteiger partial charge in [0.05, 0.1) is 16.6 Å². The molecule has 0 aliphatic carbocycles. The Morgan fingerprint density at radius 3 is 2.63 bits per heavy atom. The predicted octanol–water partition coefficient (Wildman–Crippen LogP) is 5.43. The van der Waals surface area contributed by atoms with Crippen LogP contribution < -0.4 is 0 Å². The summed E-state index contributed by atoms with van der Waals surface area (Å²) < 4.78 is 13.6. The van der Waals surface area contributed by atoms with Gasteiger partial charge in [0.25, 0.3) is 0 Å². The summed E-state index contributed by atoms with van der Waals surface area (Å²) >= 11 is 1.11. The maximum absolute atomic E-state index is 13.6. The van der Waals surface area contributed by atoms with E-state index in [1.807, 2.05) is 30.3 Å². The molecular weight excluding hydrogens is 399 g/mol. The molecule has 4 heterocycles. The number of hydrogen-bond acceptors (Lipinski definition) is 5. The molecule has 0 saturated heterocycles. The first-order valence-electron chi connectivity index (χ1n) is 9.24. The molecule has 0 amide bonds. The predicted molar refractivity (Wildman–Crippen MR) is 115 cm³/mol. The number of rotatable bonds is 3. The van der Waals surface area contributed by atoms with E-state index in [9.17, 15) is 4.39 Å². The summed E-state index contributed by atoms with van der Waals surface area (Å²) in [6.45, 7) is 0. The second-order valence-electron chi connectivity index (χ2n) is 6.85. The molecule has 0 aliphatic rings. The Bertz CT molecular complexity index is 1520. The van der Waals surface area contributed by atoms with Crippen molar-refractivity contribution in [3.8, 4) is 33.1 Å². The van der Waals surface area contributed by atoms with E-state index >= 15 is 0 Å². The van der Waals surface area contributed by atoms with Gasteiger partial charge in [-0.1, -0.05) is 18.2 Å². The van der Waals surface area contributed by atoms with Gasteiger partial charge in [-0.25, -0.2) is 15.0 Å². The molecule has 0 saturated carbocycles. The van der Waals surface area contributed by atoms with Crippen molar-refractivity contribution in [2.45, 2.75) is 0 Å². The highest BCUT2D eigenvalue weighted by Crippen LogP contribution is 2.35. The standard InChI is InChI=1S/C22H13FN6S/c23-19-7-6-18(30-19)14-2-1-3-17-20(14)27-22(26-17)21-15-8-12(4-5-16(15)28-29-21)13-9-24-11-25-10-13/h1-11H,(H,26,27)(H,28,29). The summed E-state index contributed by atoms with van der Waals surface area (Å²) in [7, 11) is 0. The van der Waals surface area contributed by atoms with Gasteiger partial charge in [0, 0.05) is 33.8 Å². The molecular formula is C22H13FN6S. The van der Waals surface area contributed by atoms with Crippen LogP contribution in [0.15, 0.2) is 67.3 Å². The smallest absolute Gasteiger partial charge is 0.176 e. The molecule has 0 spiro atoms. The second-order valence-corrected chi connectivity index (χ2v) is 7.88. The van der Waals surface area contributed by atoms with Gasteiger partial charge in [0.2, 0.25) is 0 Å². The van der Waals surface area contributed by atoms with Crippen molar-refractivity contribution in [3.63, 3.8) is 0 Å². The number of para-hydroxylation sites is 1. The van der Waals surface area contributed by atoms with Crippen LogP contribution in [-0.2, 0) is 0 Å². The van der Waals surface area contributed by atoms with E-state index in [-0.39, 0.29) is 5.13 Å². The van der Waals surface area contributed by atoms with Gasteiger partial charge in [-0.3, -0.25) is 5.10 Å². The van der Waals surface area contributed by atoms with Crippen LogP contribution in [0.5, 0.6) is 0 Å². The van der Waals surface area contributed by atoms with Crippen LogP contribution in [0.3, 0.4) is 0 Å². The highest BCUT2D eigenvalue weighted by Gasteiger charge is 2.16. The lowest BCUT2D eigenvalue weighted by Crippen LogP contribution is -1.84. The van der Waals surface area contributed by atoms with Crippen LogP contribution in [-0.4, -0.2) is 30.1 Å². The molecule has 2 aromatic carbocycles. The highest BCUT2D eigenvalue weighted by atomic mass is 32.1. The quantitative estimate of drug-likeness (QED) is 0.406. The normalized spacial score (nSPS) is 11.5. The van der Waals surface area contributed by atoms with Crippen LogP contribution in [0.4, 0.5) is 4.39 Å². The number of fused-ring (bicyclic) bond motifs is 2. The Kier molecular flexibility index (Phi) is 3.72. The molecule has 0 aliphatic heterocycles. The molecule has 144 valence electrons. The van der Waals surface area contributed by atoms with Crippen molar-refractivity contribution in [2.75, 3.05) is 0 Å². The third-order valence-electron chi connectivity index (χ3n) is 5.03. The van der Waals surface area contributed by atoms with Crippen molar-refractivity contribution >= 4 is 33.3 Å². The molecule has 8 heteroatoms. The minimum atomic E-state index is -0.214. The number of nitrogens with zero attached hydrogens (tertiary/aromatic N) is 4. The summed E-state index contributed by atoms with van der Waals surface area (Å²) in [5.74, 6) is 0.655. The Labute approximate surface area is 173 Å². The summed E-state index contributed by atoms with van der Waals surface area (Å²) in [5, 5.41) is 8.29. The second kappa shape index (κ2) is 6.57. The van der Waals surface area contributed by atoms with E-state index in [4.69, 9.17) is 4.98 Å². The maximum Gasteiger partial charge on any atom is 0.176 e. The van der Waals surface area contributed by atoms with E-state index in [0.29, 0.717) is 5.82 Å². The number of nitrogens with one attached hydrogen (secondary N) is 2. The van der Waals surface area contributed by atoms with Crippen LogP contribution in [0, 0.1) is 5.13 Å². The summed E-state index contributed by atoms with van der Waals surface area (Å²) in [6, 6.07) is 15.1. The molecule has 30 heavy (non-hydrogen) atoms. The minimum absolute atomic E-state index is 0.214. The number of halogens is 1. The molecule has 6 nitrogen and oxygen atoms in total. The van der Waals surface area contributed by atoms with Crippen LogP contribution in [0.2, 0.25) is 0 Å². The van der Waals surface area contributed by atoms with E-state index in [2.05, 4.69) is 31.2 Å². The lowest BCUT2D eigenvalue weighted by molar-refractivity contribution is 0.657. The molecule has 0 unspecified atom stereocenters. The lowest BCUT2D eigenvalue weighted by atomic mass is 10.1. The summed E-state index contributed by atoms with van der Waals surface area (Å²) in [6.07, 6.45) is 5.07. The molecule has 6 rings (SSSR count). The fourth-order valence-corrected chi connectivity index (χ4v) is 4.38. The van der Waals surface area contributed by atoms with Crippen molar-refractivity contribution in [1.29, 1.82) is 0 Å². The maximum atomic E-state index is 13.6. The van der Waals surface area contributed by atoms with E-state index < -0.39 is 0 Å². The lowest BCUT2D eigenvalue weighted by Gasteiger charge is -2.01. The Hall–Kier alpha value is -3.91. The van der Waals surface area contributed by atoms with Crippen molar-refractivity contribution < 1.29 is 4.39 Å². The van der Waals surface area contributed by atoms with Crippen molar-refractivity contribution in [2.24, 2.45) is 0 Å². The Balaban J connectivity index is 1.52. The van der Waals surface area contributed by atoms with E-state index in [0.717, 1.165) is 60.5 Å². The zero-order valence-electron chi connectivity index (χ0n) is 15.4. The van der Waals surface area contributed by atoms with Gasteiger partial charge in [0.1, 0.15) is 12.0 Å². The third kappa shape index (κ3) is 2.69. The first-order valence-corrected chi connectivity index (χ1v) is 10.1. The number of thiophene rings is 1. The molecule has 0 atom stereocenters. The van der Waals surface area contributed by atoms with Gasteiger partial charge in [-0.05, 0) is 35.9 Å². The van der Waals surface area contributed by atoms with Crippen LogP contribution in [0.1, 0.15) is 0 Å².